The molecule has 1 aliphatic heterocycles. The molecule has 1 heterocycles. The van der Waals surface area contributed by atoms with Gasteiger partial charge in [0.1, 0.15) is 12.2 Å². The van der Waals surface area contributed by atoms with E-state index in [1.807, 2.05) is 45.1 Å². The van der Waals surface area contributed by atoms with Crippen LogP contribution in [0.15, 0.2) is 48.6 Å². The van der Waals surface area contributed by atoms with Gasteiger partial charge in [-0.05, 0) is 31.3 Å². The number of unbranched alkanes of at least 4 members (excludes halogenated alkanes) is 1. The summed E-state index contributed by atoms with van der Waals surface area (Å²) in [4.78, 5) is 12.5. The molecule has 0 fully saturated rings. The Morgan fingerprint density at radius 3 is 2.71 bits per heavy atom. The van der Waals surface area contributed by atoms with Crippen LogP contribution in [-0.2, 0) is 9.53 Å². The Morgan fingerprint density at radius 1 is 1.32 bits per heavy atom. The van der Waals surface area contributed by atoms with Gasteiger partial charge in [0.2, 0.25) is 0 Å². The summed E-state index contributed by atoms with van der Waals surface area (Å²) in [6, 6.07) is 0. The molecule has 0 spiro atoms. The third-order valence-electron chi connectivity index (χ3n) is 5.32. The van der Waals surface area contributed by atoms with Crippen LogP contribution < -0.4 is 0 Å². The monoisotopic (exact) mass is 390 g/mol. The number of ether oxygens (including phenoxy) is 1. The maximum absolute atomic E-state index is 12.5. The lowest BCUT2D eigenvalue weighted by molar-refractivity contribution is -0.153. The van der Waals surface area contributed by atoms with Crippen molar-refractivity contribution in [3.8, 4) is 0 Å². The van der Waals surface area contributed by atoms with Gasteiger partial charge in [0, 0.05) is 11.8 Å². The van der Waals surface area contributed by atoms with E-state index in [-0.39, 0.29) is 30.1 Å². The highest BCUT2D eigenvalue weighted by molar-refractivity contribution is 5.70. The molecule has 0 unspecified atom stereocenters. The van der Waals surface area contributed by atoms with Crippen molar-refractivity contribution in [1.29, 1.82) is 0 Å². The second-order valence-electron chi connectivity index (χ2n) is 7.99. The number of esters is 1. The molecular formula is C24H38O4. The number of aliphatic hydroxyl groups is 2. The Bertz CT molecular complexity index is 575. The zero-order valence-corrected chi connectivity index (χ0v) is 17.9. The molecule has 2 N–H and O–H groups in total. The van der Waals surface area contributed by atoms with Gasteiger partial charge in [0.05, 0.1) is 12.5 Å². The highest BCUT2D eigenvalue weighted by Crippen LogP contribution is 2.22. The summed E-state index contributed by atoms with van der Waals surface area (Å²) in [5, 5.41) is 21.1. The maximum Gasteiger partial charge on any atom is 0.307 e. The minimum Gasteiger partial charge on any atom is -0.455 e. The Hall–Kier alpha value is -1.65. The van der Waals surface area contributed by atoms with Crippen LogP contribution in [0.3, 0.4) is 0 Å². The van der Waals surface area contributed by atoms with Crippen LogP contribution >= 0.6 is 0 Å². The number of allylic oxidation sites excluding steroid dienone is 3. The third kappa shape index (κ3) is 8.57. The predicted molar refractivity (Wildman–Crippen MR) is 115 cm³/mol. The van der Waals surface area contributed by atoms with Gasteiger partial charge in [0.15, 0.2) is 0 Å². The molecule has 0 saturated heterocycles. The molecule has 0 saturated carbocycles. The normalized spacial score (nSPS) is 32.4. The summed E-state index contributed by atoms with van der Waals surface area (Å²) in [5.41, 5.74) is 0.990. The van der Waals surface area contributed by atoms with Crippen LogP contribution in [0.25, 0.3) is 0 Å². The Kier molecular flexibility index (Phi) is 11.1. The molecule has 28 heavy (non-hydrogen) atoms. The molecule has 1 rings (SSSR count). The van der Waals surface area contributed by atoms with Gasteiger partial charge in [-0.25, -0.2) is 0 Å². The number of cyclic esters (lactones) is 1. The van der Waals surface area contributed by atoms with Crippen LogP contribution in [0.4, 0.5) is 0 Å². The smallest absolute Gasteiger partial charge is 0.307 e. The summed E-state index contributed by atoms with van der Waals surface area (Å²) < 4.78 is 5.64. The molecule has 0 bridgehead atoms. The lowest BCUT2D eigenvalue weighted by Gasteiger charge is -2.25. The van der Waals surface area contributed by atoms with Gasteiger partial charge in [-0.3, -0.25) is 4.79 Å². The van der Waals surface area contributed by atoms with Crippen molar-refractivity contribution in [1.82, 2.24) is 0 Å². The van der Waals surface area contributed by atoms with E-state index in [1.54, 1.807) is 12.2 Å². The highest BCUT2D eigenvalue weighted by atomic mass is 16.6. The number of carbonyl (C=O) groups is 1. The summed E-state index contributed by atoms with van der Waals surface area (Å²) in [5.74, 6) is -0.634. The maximum atomic E-state index is 12.5. The SMILES string of the molecule is C=C1CC/C=C/[C@H](O)[C@H](C)/C=C/[C@H]([C@H](O)[C@H](C)/C=C/CCC)OC(=O)C[C@H]1C. The standard InChI is InChI=1S/C24H38O4/c1-6-7-8-12-19(4)24(27)22-15-14-18(3)21(25)13-10-9-11-17(2)20(5)16-23(26)28-22/h8,10,12-15,18-22,24-25,27H,2,6-7,9,11,16H2,1,3-5H3/b12-8+,13-10+,15-14+/t18-,19-,20-,21+,22-,24-/m1/s1. The zero-order valence-electron chi connectivity index (χ0n) is 17.9. The fourth-order valence-corrected chi connectivity index (χ4v) is 3.03. The van der Waals surface area contributed by atoms with Crippen molar-refractivity contribution in [2.75, 3.05) is 0 Å². The van der Waals surface area contributed by atoms with Crippen LogP contribution in [0.1, 0.15) is 59.8 Å². The Balaban J connectivity index is 3.02. The van der Waals surface area contributed by atoms with Crippen LogP contribution in [-0.4, -0.2) is 34.5 Å². The van der Waals surface area contributed by atoms with Gasteiger partial charge < -0.3 is 14.9 Å². The average molecular weight is 391 g/mol. The van der Waals surface area contributed by atoms with Gasteiger partial charge in [-0.2, -0.15) is 0 Å². The predicted octanol–water partition coefficient (Wildman–Crippen LogP) is 4.74. The lowest BCUT2D eigenvalue weighted by Crippen LogP contribution is -2.34. The third-order valence-corrected chi connectivity index (χ3v) is 5.32. The van der Waals surface area contributed by atoms with Crippen LogP contribution in [0.2, 0.25) is 0 Å². The first-order valence-corrected chi connectivity index (χ1v) is 10.5. The molecule has 0 aromatic rings. The highest BCUT2D eigenvalue weighted by Gasteiger charge is 2.26. The summed E-state index contributed by atoms with van der Waals surface area (Å²) in [6.07, 6.45) is 12.9. The number of carbonyl (C=O) groups excluding carboxylic acids is 1. The van der Waals surface area contributed by atoms with Crippen molar-refractivity contribution in [2.24, 2.45) is 17.8 Å². The molecule has 0 amide bonds. The van der Waals surface area contributed by atoms with E-state index in [2.05, 4.69) is 13.5 Å². The van der Waals surface area contributed by atoms with Crippen molar-refractivity contribution in [3.05, 3.63) is 48.6 Å². The molecule has 4 nitrogen and oxygen atoms in total. The molecule has 1 aliphatic rings. The van der Waals surface area contributed by atoms with Crippen LogP contribution in [0, 0.1) is 17.8 Å². The van der Waals surface area contributed by atoms with E-state index < -0.39 is 18.3 Å². The largest absolute Gasteiger partial charge is 0.455 e. The summed E-state index contributed by atoms with van der Waals surface area (Å²) >= 11 is 0. The molecule has 6 atom stereocenters. The Morgan fingerprint density at radius 2 is 2.04 bits per heavy atom. The first kappa shape index (κ1) is 24.4. The van der Waals surface area contributed by atoms with Crippen LogP contribution in [0.5, 0.6) is 0 Å². The minimum atomic E-state index is -0.848. The van der Waals surface area contributed by atoms with Crippen molar-refractivity contribution < 1.29 is 19.7 Å². The fraction of sp³-hybridized carbons (Fsp3) is 0.625. The number of aliphatic hydroxyl groups excluding tert-OH is 2. The number of hydrogen-bond acceptors (Lipinski definition) is 4. The lowest BCUT2D eigenvalue weighted by atomic mass is 9.93. The molecule has 158 valence electrons. The Labute approximate surface area is 170 Å². The van der Waals surface area contributed by atoms with Crippen molar-refractivity contribution in [2.45, 2.75) is 78.1 Å². The number of hydrogen-bond donors (Lipinski definition) is 2. The zero-order chi connectivity index (χ0) is 21.1. The van der Waals surface area contributed by atoms with Gasteiger partial charge >= 0.3 is 5.97 Å². The molecule has 0 aromatic heterocycles. The van der Waals surface area contributed by atoms with Gasteiger partial charge in [-0.1, -0.05) is 76.6 Å². The van der Waals surface area contributed by atoms with E-state index in [9.17, 15) is 15.0 Å². The molecule has 0 aliphatic carbocycles. The summed E-state index contributed by atoms with van der Waals surface area (Å²) in [6.45, 7) is 12.0. The van der Waals surface area contributed by atoms with E-state index in [0.29, 0.717) is 0 Å². The quantitative estimate of drug-likeness (QED) is 0.526. The first-order chi connectivity index (χ1) is 13.3. The molecule has 4 heteroatoms. The average Bonchev–Trinajstić information content (AvgIpc) is 2.66. The van der Waals surface area contributed by atoms with Crippen molar-refractivity contribution in [3.63, 3.8) is 0 Å². The molecular weight excluding hydrogens is 352 g/mol. The van der Waals surface area contributed by atoms with E-state index in [0.717, 1.165) is 31.3 Å². The number of rotatable bonds is 5. The second kappa shape index (κ2) is 12.7. The van der Waals surface area contributed by atoms with Gasteiger partial charge in [0.25, 0.3) is 0 Å². The topological polar surface area (TPSA) is 66.8 Å². The fourth-order valence-electron chi connectivity index (χ4n) is 3.03. The summed E-state index contributed by atoms with van der Waals surface area (Å²) in [7, 11) is 0. The molecule has 0 aromatic carbocycles. The van der Waals surface area contributed by atoms with E-state index in [1.165, 1.54) is 0 Å². The second-order valence-corrected chi connectivity index (χ2v) is 7.99. The van der Waals surface area contributed by atoms with E-state index in [4.69, 9.17) is 4.74 Å². The molecule has 0 radical (unpaired) electrons. The first-order valence-electron chi connectivity index (χ1n) is 10.5. The minimum absolute atomic E-state index is 0.0105. The van der Waals surface area contributed by atoms with Gasteiger partial charge in [-0.15, -0.1) is 0 Å². The van der Waals surface area contributed by atoms with Crippen molar-refractivity contribution >= 4 is 5.97 Å². The van der Waals surface area contributed by atoms with E-state index >= 15 is 0 Å².